The number of piperazine rings is 1. The highest BCUT2D eigenvalue weighted by Crippen LogP contribution is 2.40. The molecule has 2 saturated heterocycles. The number of aromatic nitrogens is 2. The summed E-state index contributed by atoms with van der Waals surface area (Å²) in [5.41, 5.74) is -4.39. The van der Waals surface area contributed by atoms with Gasteiger partial charge in [0.1, 0.15) is 17.3 Å². The number of alkyl halides is 3. The first-order valence-corrected chi connectivity index (χ1v) is 14.2. The second kappa shape index (κ2) is 12.2. The maximum absolute atomic E-state index is 16.5. The van der Waals surface area contributed by atoms with E-state index >= 15 is 8.78 Å². The van der Waals surface area contributed by atoms with Gasteiger partial charge in [0.2, 0.25) is 5.56 Å². The molecule has 1 aromatic carbocycles. The fourth-order valence-electron chi connectivity index (χ4n) is 5.66. The first-order valence-electron chi connectivity index (χ1n) is 14.2. The number of benzene rings is 1. The molecule has 2 N–H and O–H groups in total. The van der Waals surface area contributed by atoms with Crippen LogP contribution in [0.2, 0.25) is 0 Å². The lowest BCUT2D eigenvalue weighted by Gasteiger charge is -2.44. The van der Waals surface area contributed by atoms with E-state index in [-0.39, 0.29) is 35.5 Å². The molecule has 14 heteroatoms. The summed E-state index contributed by atoms with van der Waals surface area (Å²) in [7, 11) is 1.92. The van der Waals surface area contributed by atoms with Gasteiger partial charge in [-0.2, -0.15) is 13.2 Å². The molecular formula is C30H33F5N6O3. The summed E-state index contributed by atoms with van der Waals surface area (Å²) in [5, 5.41) is 2.27. The van der Waals surface area contributed by atoms with E-state index in [0.29, 0.717) is 44.8 Å². The maximum Gasteiger partial charge on any atom is 0.417 e. The van der Waals surface area contributed by atoms with Crippen molar-refractivity contribution in [2.75, 3.05) is 55.0 Å². The largest absolute Gasteiger partial charge is 0.417 e. The lowest BCUT2D eigenvalue weighted by atomic mass is 10.0. The first kappa shape index (κ1) is 31.4. The second-order valence-electron chi connectivity index (χ2n) is 11.3. The molecule has 3 aromatic rings. The van der Waals surface area contributed by atoms with Crippen LogP contribution in [0.15, 0.2) is 41.5 Å². The Hall–Kier alpha value is -4.04. The summed E-state index contributed by atoms with van der Waals surface area (Å²) in [6.45, 7) is 8.15. The highest BCUT2D eigenvalue weighted by molar-refractivity contribution is 6.07. The minimum absolute atomic E-state index is 0.0147. The molecule has 0 spiro atoms. The number of amides is 1. The SMILES string of the molecule is CC1CN(c2ccc(-c3c(F)cc(N4CC(C)N(C)C(C)C4)c(NC(=O)c4c[nH]c(=O)cc4C(F)(F)F)c3F)cn2)CCO1. The number of morpholine rings is 1. The van der Waals surface area contributed by atoms with Gasteiger partial charge in [-0.1, -0.05) is 0 Å². The Labute approximate surface area is 250 Å². The Morgan fingerprint density at radius 1 is 1.07 bits per heavy atom. The number of H-pyrrole nitrogens is 1. The molecule has 2 aliphatic heterocycles. The molecule has 0 saturated carbocycles. The van der Waals surface area contributed by atoms with E-state index in [4.69, 9.17) is 4.74 Å². The van der Waals surface area contributed by atoms with Crippen LogP contribution in [-0.4, -0.2) is 78.8 Å². The van der Waals surface area contributed by atoms with Crippen molar-refractivity contribution in [1.82, 2.24) is 14.9 Å². The van der Waals surface area contributed by atoms with E-state index < -0.39 is 51.7 Å². The minimum Gasteiger partial charge on any atom is -0.375 e. The highest BCUT2D eigenvalue weighted by atomic mass is 19.4. The lowest BCUT2D eigenvalue weighted by molar-refractivity contribution is -0.138. The van der Waals surface area contributed by atoms with Crippen LogP contribution in [0.5, 0.6) is 0 Å². The van der Waals surface area contributed by atoms with Crippen molar-refractivity contribution in [3.63, 3.8) is 0 Å². The number of nitrogens with one attached hydrogen (secondary N) is 2. The molecule has 5 rings (SSSR count). The molecule has 2 aliphatic rings. The van der Waals surface area contributed by atoms with Crippen LogP contribution in [-0.2, 0) is 10.9 Å². The Balaban J connectivity index is 1.58. The van der Waals surface area contributed by atoms with E-state index in [1.165, 1.54) is 12.3 Å². The van der Waals surface area contributed by atoms with Gasteiger partial charge in [-0.05, 0) is 40.0 Å². The van der Waals surface area contributed by atoms with Gasteiger partial charge in [0, 0.05) is 68.4 Å². The molecule has 0 aliphatic carbocycles. The van der Waals surface area contributed by atoms with Gasteiger partial charge in [-0.25, -0.2) is 13.8 Å². The van der Waals surface area contributed by atoms with Crippen molar-refractivity contribution in [2.45, 2.75) is 45.1 Å². The number of carbonyl (C=O) groups is 1. The average Bonchev–Trinajstić information content (AvgIpc) is 2.96. The summed E-state index contributed by atoms with van der Waals surface area (Å²) in [5.74, 6) is -2.83. The monoisotopic (exact) mass is 620 g/mol. The van der Waals surface area contributed by atoms with Crippen molar-refractivity contribution in [2.24, 2.45) is 0 Å². The van der Waals surface area contributed by atoms with Crippen LogP contribution < -0.4 is 20.7 Å². The van der Waals surface area contributed by atoms with E-state index in [0.717, 1.165) is 6.07 Å². The Bertz CT molecular complexity index is 1580. The van der Waals surface area contributed by atoms with Crippen molar-refractivity contribution in [3.8, 4) is 11.1 Å². The Morgan fingerprint density at radius 3 is 2.39 bits per heavy atom. The van der Waals surface area contributed by atoms with E-state index in [1.807, 2.05) is 32.7 Å². The molecule has 0 radical (unpaired) electrons. The van der Waals surface area contributed by atoms with Crippen LogP contribution >= 0.6 is 0 Å². The van der Waals surface area contributed by atoms with Gasteiger partial charge in [0.15, 0.2) is 5.82 Å². The van der Waals surface area contributed by atoms with Crippen LogP contribution in [0.3, 0.4) is 0 Å². The number of halogens is 5. The van der Waals surface area contributed by atoms with Crippen molar-refractivity contribution in [3.05, 3.63) is 69.8 Å². The summed E-state index contributed by atoms with van der Waals surface area (Å²) >= 11 is 0. The first-order chi connectivity index (χ1) is 20.7. The second-order valence-corrected chi connectivity index (χ2v) is 11.3. The zero-order valence-corrected chi connectivity index (χ0v) is 24.6. The zero-order chi connectivity index (χ0) is 31.9. The number of carbonyl (C=O) groups excluding carboxylic acids is 1. The molecule has 9 nitrogen and oxygen atoms in total. The number of aromatic amines is 1. The van der Waals surface area contributed by atoms with Crippen molar-refractivity contribution < 1.29 is 31.5 Å². The minimum atomic E-state index is -5.04. The van der Waals surface area contributed by atoms with Gasteiger partial charge in [-0.3, -0.25) is 14.5 Å². The van der Waals surface area contributed by atoms with Gasteiger partial charge in [-0.15, -0.1) is 0 Å². The number of pyridine rings is 2. The van der Waals surface area contributed by atoms with E-state index in [9.17, 15) is 22.8 Å². The van der Waals surface area contributed by atoms with E-state index in [1.54, 1.807) is 11.0 Å². The zero-order valence-electron chi connectivity index (χ0n) is 24.6. The molecule has 4 heterocycles. The predicted octanol–water partition coefficient (Wildman–Crippen LogP) is 4.74. The number of likely N-dealkylation sites (N-methyl/N-ethyl adjacent to an activating group) is 1. The summed E-state index contributed by atoms with van der Waals surface area (Å²) in [6, 6.07) is 4.38. The fourth-order valence-corrected chi connectivity index (χ4v) is 5.66. The third-order valence-corrected chi connectivity index (χ3v) is 8.21. The van der Waals surface area contributed by atoms with Crippen LogP contribution in [0.25, 0.3) is 11.1 Å². The number of hydrogen-bond donors (Lipinski definition) is 2. The number of ether oxygens (including phenoxy) is 1. The number of anilines is 3. The van der Waals surface area contributed by atoms with Crippen molar-refractivity contribution >= 4 is 23.1 Å². The summed E-state index contributed by atoms with van der Waals surface area (Å²) < 4.78 is 79.0. The normalized spacial score (nSPS) is 21.4. The van der Waals surface area contributed by atoms with Gasteiger partial charge < -0.3 is 24.8 Å². The maximum atomic E-state index is 16.5. The lowest BCUT2D eigenvalue weighted by Crippen LogP contribution is -2.55. The van der Waals surface area contributed by atoms with Crippen LogP contribution in [0.1, 0.15) is 36.7 Å². The predicted molar refractivity (Wildman–Crippen MR) is 156 cm³/mol. The van der Waals surface area contributed by atoms with Crippen LogP contribution in [0.4, 0.5) is 39.1 Å². The van der Waals surface area contributed by atoms with Gasteiger partial charge in [0.25, 0.3) is 5.91 Å². The Morgan fingerprint density at radius 2 is 1.77 bits per heavy atom. The molecule has 1 amide bonds. The standard InChI is InChI=1S/C30H33F5N6O3/c1-16-13-41(14-17(2)39(16)4)23-10-22(31)26(19-5-6-24(36-11-19)40-7-8-44-18(3)15-40)27(32)28(23)38-29(43)20-12-37-25(42)9-21(20)30(33,34)35/h5-6,9-12,16-18H,7-8,13-15H2,1-4H3,(H,37,42)(H,38,43). The van der Waals surface area contributed by atoms with Gasteiger partial charge in [0.05, 0.1) is 35.1 Å². The molecule has 2 aromatic heterocycles. The van der Waals surface area contributed by atoms with Crippen molar-refractivity contribution in [1.29, 1.82) is 0 Å². The molecule has 3 unspecified atom stereocenters. The molecular weight excluding hydrogens is 587 g/mol. The molecule has 3 atom stereocenters. The number of nitrogens with zero attached hydrogens (tertiary/aromatic N) is 4. The van der Waals surface area contributed by atoms with Crippen LogP contribution in [0, 0.1) is 11.6 Å². The third-order valence-electron chi connectivity index (χ3n) is 8.21. The summed E-state index contributed by atoms with van der Waals surface area (Å²) in [4.78, 5) is 37.2. The Kier molecular flexibility index (Phi) is 8.67. The number of rotatable bonds is 5. The molecule has 2 fully saturated rings. The smallest absolute Gasteiger partial charge is 0.375 e. The van der Waals surface area contributed by atoms with Gasteiger partial charge >= 0.3 is 6.18 Å². The number of hydrogen-bond acceptors (Lipinski definition) is 7. The van der Waals surface area contributed by atoms with E-state index in [2.05, 4.69) is 20.2 Å². The molecule has 236 valence electrons. The summed E-state index contributed by atoms with van der Waals surface area (Å²) in [6.07, 6.45) is -3.12. The molecule has 44 heavy (non-hydrogen) atoms. The topological polar surface area (TPSA) is 93.8 Å². The fraction of sp³-hybridized carbons (Fsp3) is 0.433. The molecule has 0 bridgehead atoms. The third kappa shape index (κ3) is 6.27. The quantitative estimate of drug-likeness (QED) is 0.398. The average molecular weight is 621 g/mol. The highest BCUT2D eigenvalue weighted by Gasteiger charge is 2.37.